The number of thioether (sulfide) groups is 1. The molecule has 0 unspecified atom stereocenters. The summed E-state index contributed by atoms with van der Waals surface area (Å²) in [5, 5.41) is 0.891. The first-order valence-electron chi connectivity index (χ1n) is 11.0. The maximum Gasteiger partial charge on any atom is 0.243 e. The normalized spacial score (nSPS) is 19.8. The molecular formula is C23H26BrN3O3S2. The average molecular weight is 537 g/mol. The van der Waals surface area contributed by atoms with Crippen molar-refractivity contribution in [1.29, 1.82) is 0 Å². The van der Waals surface area contributed by atoms with Gasteiger partial charge in [0.05, 0.1) is 28.6 Å². The summed E-state index contributed by atoms with van der Waals surface area (Å²) in [4.78, 5) is 5.20. The molecule has 170 valence electrons. The molecule has 6 nitrogen and oxygen atoms in total. The first-order chi connectivity index (χ1) is 15.5. The first-order valence-corrected chi connectivity index (χ1v) is 14.2. The summed E-state index contributed by atoms with van der Waals surface area (Å²) < 4.78 is 36.9. The van der Waals surface area contributed by atoms with Crippen LogP contribution in [0.1, 0.15) is 31.2 Å². The van der Waals surface area contributed by atoms with Gasteiger partial charge in [-0.1, -0.05) is 45.9 Å². The molecule has 2 saturated heterocycles. The van der Waals surface area contributed by atoms with Crippen molar-refractivity contribution < 1.29 is 13.2 Å². The van der Waals surface area contributed by atoms with E-state index >= 15 is 0 Å². The van der Waals surface area contributed by atoms with E-state index in [-0.39, 0.29) is 6.10 Å². The van der Waals surface area contributed by atoms with Crippen LogP contribution in [0.2, 0.25) is 0 Å². The largest absolute Gasteiger partial charge is 0.376 e. The quantitative estimate of drug-likeness (QED) is 0.396. The Balaban J connectivity index is 1.49. The number of aromatic nitrogens is 2. The Morgan fingerprint density at radius 3 is 2.69 bits per heavy atom. The van der Waals surface area contributed by atoms with E-state index in [0.29, 0.717) is 18.0 Å². The molecule has 0 N–H and O–H groups in total. The first kappa shape index (κ1) is 22.4. The highest BCUT2D eigenvalue weighted by molar-refractivity contribution is 9.10. The van der Waals surface area contributed by atoms with Gasteiger partial charge in [-0.05, 0) is 55.5 Å². The number of nitrogens with zero attached hydrogens (tertiary/aromatic N) is 3. The lowest BCUT2D eigenvalue weighted by Crippen LogP contribution is -2.27. The number of rotatable bonds is 7. The van der Waals surface area contributed by atoms with Gasteiger partial charge in [0.25, 0.3) is 0 Å². The molecule has 1 aromatic heterocycles. The molecule has 0 amide bonds. The Morgan fingerprint density at radius 1 is 1.12 bits per heavy atom. The van der Waals surface area contributed by atoms with Crippen LogP contribution in [0.25, 0.3) is 11.0 Å². The Hall–Kier alpha value is -1.39. The zero-order valence-electron chi connectivity index (χ0n) is 17.7. The average Bonchev–Trinajstić information content (AvgIpc) is 3.55. The predicted octanol–water partition coefficient (Wildman–Crippen LogP) is 5.05. The zero-order valence-corrected chi connectivity index (χ0v) is 21.0. The van der Waals surface area contributed by atoms with E-state index in [1.54, 1.807) is 28.2 Å². The molecule has 2 fully saturated rings. The van der Waals surface area contributed by atoms with E-state index < -0.39 is 10.0 Å². The highest BCUT2D eigenvalue weighted by Gasteiger charge is 2.28. The van der Waals surface area contributed by atoms with Gasteiger partial charge in [-0.3, -0.25) is 0 Å². The number of imidazole rings is 1. The Bertz CT molecular complexity index is 1220. The summed E-state index contributed by atoms with van der Waals surface area (Å²) in [5.41, 5.74) is 2.87. The number of benzene rings is 2. The fourth-order valence-corrected chi connectivity index (χ4v) is 7.54. The summed E-state index contributed by atoms with van der Waals surface area (Å²) in [6, 6.07) is 13.6. The summed E-state index contributed by atoms with van der Waals surface area (Å²) in [5.74, 6) is 0.773. The van der Waals surface area contributed by atoms with Crippen molar-refractivity contribution in [3.8, 4) is 0 Å². The van der Waals surface area contributed by atoms with E-state index in [2.05, 4.69) is 26.6 Å². The van der Waals surface area contributed by atoms with E-state index in [1.807, 2.05) is 24.3 Å². The molecule has 0 radical (unpaired) electrons. The maximum absolute atomic E-state index is 13.1. The van der Waals surface area contributed by atoms with Crippen molar-refractivity contribution in [1.82, 2.24) is 13.9 Å². The SMILES string of the molecule is O=S(=O)(c1ccc2c(c1)nc(SCc1ccccc1Br)n2C[C@H]1CCCO1)N1CCCC1. The monoisotopic (exact) mass is 535 g/mol. The second-order valence-electron chi connectivity index (χ2n) is 8.28. The van der Waals surface area contributed by atoms with Gasteiger partial charge in [0.15, 0.2) is 5.16 Å². The van der Waals surface area contributed by atoms with Crippen LogP contribution in [-0.4, -0.2) is 48.1 Å². The number of ether oxygens (including phenoxy) is 1. The molecule has 2 aromatic carbocycles. The molecule has 1 atom stereocenters. The number of fused-ring (bicyclic) bond motifs is 1. The smallest absolute Gasteiger partial charge is 0.243 e. The standard InChI is InChI=1S/C23H26BrN3O3S2/c24-20-8-2-1-6-17(20)16-31-23-25-21-14-19(32(28,29)26-11-3-4-12-26)9-10-22(21)27(23)15-18-7-5-13-30-18/h1-2,6,8-10,14,18H,3-5,7,11-13,15-16H2/t18-/m1/s1. The van der Waals surface area contributed by atoms with Gasteiger partial charge in [-0.25, -0.2) is 13.4 Å². The van der Waals surface area contributed by atoms with Gasteiger partial charge in [0.2, 0.25) is 10.0 Å². The molecule has 0 aliphatic carbocycles. The van der Waals surface area contributed by atoms with Crippen LogP contribution in [0, 0.1) is 0 Å². The molecule has 5 rings (SSSR count). The minimum absolute atomic E-state index is 0.170. The lowest BCUT2D eigenvalue weighted by atomic mass is 10.2. The molecule has 2 aliphatic heterocycles. The number of hydrogen-bond donors (Lipinski definition) is 0. The van der Waals surface area contributed by atoms with E-state index in [9.17, 15) is 8.42 Å². The maximum atomic E-state index is 13.1. The second-order valence-corrected chi connectivity index (χ2v) is 12.0. The lowest BCUT2D eigenvalue weighted by Gasteiger charge is -2.16. The third-order valence-electron chi connectivity index (χ3n) is 6.11. The predicted molar refractivity (Wildman–Crippen MR) is 130 cm³/mol. The van der Waals surface area contributed by atoms with Crippen LogP contribution in [0.5, 0.6) is 0 Å². The van der Waals surface area contributed by atoms with Gasteiger partial charge < -0.3 is 9.30 Å². The van der Waals surface area contributed by atoms with Gasteiger partial charge in [0, 0.05) is 29.9 Å². The lowest BCUT2D eigenvalue weighted by molar-refractivity contribution is 0.0960. The van der Waals surface area contributed by atoms with Crippen molar-refractivity contribution in [2.45, 2.75) is 54.1 Å². The Labute approximate surface area is 201 Å². The Morgan fingerprint density at radius 2 is 1.94 bits per heavy atom. The zero-order chi connectivity index (χ0) is 22.1. The fourth-order valence-electron chi connectivity index (χ4n) is 4.36. The van der Waals surface area contributed by atoms with E-state index in [1.165, 1.54) is 5.56 Å². The minimum Gasteiger partial charge on any atom is -0.376 e. The summed E-state index contributed by atoms with van der Waals surface area (Å²) >= 11 is 5.29. The second kappa shape index (κ2) is 9.46. The molecule has 0 bridgehead atoms. The molecule has 9 heteroatoms. The topological polar surface area (TPSA) is 64.4 Å². The molecule has 32 heavy (non-hydrogen) atoms. The van der Waals surface area contributed by atoms with Crippen molar-refractivity contribution in [3.05, 3.63) is 52.5 Å². The van der Waals surface area contributed by atoms with Crippen molar-refractivity contribution in [2.75, 3.05) is 19.7 Å². The molecule has 0 spiro atoms. The van der Waals surface area contributed by atoms with Crippen LogP contribution in [0.4, 0.5) is 0 Å². The molecule has 2 aliphatic rings. The van der Waals surface area contributed by atoms with Crippen molar-refractivity contribution >= 4 is 48.7 Å². The summed E-state index contributed by atoms with van der Waals surface area (Å²) in [7, 11) is -3.47. The van der Waals surface area contributed by atoms with Crippen molar-refractivity contribution in [3.63, 3.8) is 0 Å². The summed E-state index contributed by atoms with van der Waals surface area (Å²) in [6.45, 7) is 2.73. The van der Waals surface area contributed by atoms with Crippen LogP contribution in [0.15, 0.2) is 57.0 Å². The fraction of sp³-hybridized carbons (Fsp3) is 0.435. The van der Waals surface area contributed by atoms with Crippen LogP contribution < -0.4 is 0 Å². The van der Waals surface area contributed by atoms with Crippen LogP contribution in [0.3, 0.4) is 0 Å². The van der Waals surface area contributed by atoms with Crippen LogP contribution >= 0.6 is 27.7 Å². The Kier molecular flexibility index (Phi) is 6.63. The molecule has 0 saturated carbocycles. The number of halogens is 1. The number of sulfonamides is 1. The van der Waals surface area contributed by atoms with E-state index in [4.69, 9.17) is 9.72 Å². The minimum atomic E-state index is -3.47. The van der Waals surface area contributed by atoms with Crippen LogP contribution in [-0.2, 0) is 27.1 Å². The highest BCUT2D eigenvalue weighted by Crippen LogP contribution is 2.32. The van der Waals surface area contributed by atoms with Crippen molar-refractivity contribution in [2.24, 2.45) is 0 Å². The van der Waals surface area contributed by atoms with Gasteiger partial charge >= 0.3 is 0 Å². The number of hydrogen-bond acceptors (Lipinski definition) is 5. The van der Waals surface area contributed by atoms with Gasteiger partial charge in [-0.15, -0.1) is 0 Å². The van der Waals surface area contributed by atoms with Gasteiger partial charge in [0.1, 0.15) is 0 Å². The third kappa shape index (κ3) is 4.50. The summed E-state index contributed by atoms with van der Waals surface area (Å²) in [6.07, 6.45) is 4.13. The molecule has 3 aromatic rings. The molecule has 3 heterocycles. The third-order valence-corrected chi connectivity index (χ3v) is 9.81. The highest BCUT2D eigenvalue weighted by atomic mass is 79.9. The molecular weight excluding hydrogens is 510 g/mol. The van der Waals surface area contributed by atoms with E-state index in [0.717, 1.165) is 65.3 Å². The van der Waals surface area contributed by atoms with Gasteiger partial charge in [-0.2, -0.15) is 4.31 Å².